The molecule has 3 heterocycles. The van der Waals surface area contributed by atoms with Crippen LogP contribution in [0.5, 0.6) is 0 Å². The van der Waals surface area contributed by atoms with Crippen LogP contribution in [0.3, 0.4) is 0 Å². The van der Waals surface area contributed by atoms with E-state index in [1.807, 2.05) is 35.3 Å². The number of hydrogen-bond acceptors (Lipinski definition) is 5. The zero-order valence-corrected chi connectivity index (χ0v) is 14.8. The van der Waals surface area contributed by atoms with Gasteiger partial charge >= 0.3 is 0 Å². The Morgan fingerprint density at radius 3 is 2.92 bits per heavy atom. The fourth-order valence-electron chi connectivity index (χ4n) is 3.01. The maximum absolute atomic E-state index is 11.7. The lowest BCUT2D eigenvalue weighted by atomic mass is 10.1. The third kappa shape index (κ3) is 4.87. The van der Waals surface area contributed by atoms with Gasteiger partial charge in [0.05, 0.1) is 18.0 Å². The van der Waals surface area contributed by atoms with E-state index in [-0.39, 0.29) is 18.4 Å². The second-order valence-electron chi connectivity index (χ2n) is 6.66. The molecule has 134 valence electrons. The molecule has 0 fully saturated rings. The van der Waals surface area contributed by atoms with Crippen LogP contribution in [0.2, 0.25) is 0 Å². The summed E-state index contributed by atoms with van der Waals surface area (Å²) in [6.07, 6.45) is 3.66. The average molecular weight is 343 g/mol. The van der Waals surface area contributed by atoms with Crippen LogP contribution >= 0.6 is 0 Å². The highest BCUT2D eigenvalue weighted by atomic mass is 16.5. The van der Waals surface area contributed by atoms with Gasteiger partial charge in [0.2, 0.25) is 5.91 Å². The molecule has 2 aromatic rings. The normalized spacial score (nSPS) is 17.8. The molecule has 1 amide bonds. The van der Waals surface area contributed by atoms with Gasteiger partial charge in [-0.1, -0.05) is 6.07 Å². The van der Waals surface area contributed by atoms with E-state index in [1.54, 1.807) is 19.0 Å². The highest BCUT2D eigenvalue weighted by molar-refractivity contribution is 5.76. The minimum absolute atomic E-state index is 0.0151. The summed E-state index contributed by atoms with van der Waals surface area (Å²) >= 11 is 0. The summed E-state index contributed by atoms with van der Waals surface area (Å²) in [5.41, 5.74) is 2.25. The molecule has 0 saturated carbocycles. The Hall–Kier alpha value is -2.25. The van der Waals surface area contributed by atoms with Crippen molar-refractivity contribution < 1.29 is 9.53 Å². The Kier molecular flexibility index (Phi) is 5.78. The topological polar surface area (TPSA) is 63.5 Å². The first-order valence-electron chi connectivity index (χ1n) is 8.52. The minimum Gasteiger partial charge on any atom is -0.371 e. The highest BCUT2D eigenvalue weighted by Gasteiger charge is 2.23. The van der Waals surface area contributed by atoms with E-state index in [9.17, 15) is 4.79 Å². The average Bonchev–Trinajstić information content (AvgIpc) is 2.95. The Balaban J connectivity index is 1.63. The van der Waals surface area contributed by atoms with Crippen LogP contribution in [0.4, 0.5) is 0 Å². The van der Waals surface area contributed by atoms with Crippen molar-refractivity contribution in [3.8, 4) is 0 Å². The molecule has 0 spiro atoms. The summed E-state index contributed by atoms with van der Waals surface area (Å²) in [7, 11) is 3.48. The van der Waals surface area contributed by atoms with E-state index in [2.05, 4.69) is 21.0 Å². The summed E-state index contributed by atoms with van der Waals surface area (Å²) < 4.78 is 7.71. The molecule has 1 aliphatic rings. The van der Waals surface area contributed by atoms with Gasteiger partial charge in [-0.05, 0) is 18.2 Å². The molecule has 0 N–H and O–H groups in total. The van der Waals surface area contributed by atoms with E-state index in [1.165, 1.54) is 5.69 Å². The third-order valence-electron chi connectivity index (χ3n) is 4.33. The molecule has 0 bridgehead atoms. The molecular weight excluding hydrogens is 318 g/mol. The van der Waals surface area contributed by atoms with Gasteiger partial charge in [-0.3, -0.25) is 19.4 Å². The van der Waals surface area contributed by atoms with Gasteiger partial charge < -0.3 is 9.64 Å². The molecule has 3 rings (SSSR count). The monoisotopic (exact) mass is 343 g/mol. The Bertz CT molecular complexity index is 686. The molecule has 2 aromatic heterocycles. The second kappa shape index (κ2) is 8.22. The van der Waals surface area contributed by atoms with E-state index in [4.69, 9.17) is 4.74 Å². The van der Waals surface area contributed by atoms with Crippen molar-refractivity contribution in [2.75, 3.05) is 33.9 Å². The summed E-state index contributed by atoms with van der Waals surface area (Å²) in [5, 5.41) is 4.42. The van der Waals surface area contributed by atoms with E-state index < -0.39 is 0 Å². The predicted octanol–water partition coefficient (Wildman–Crippen LogP) is 1.01. The molecular formula is C18H25N5O2. The van der Waals surface area contributed by atoms with Crippen LogP contribution in [0, 0.1) is 5.92 Å². The molecule has 1 unspecified atom stereocenters. The number of nitrogens with zero attached hydrogens (tertiary/aromatic N) is 5. The second-order valence-corrected chi connectivity index (χ2v) is 6.66. The number of fused-ring (bicyclic) bond motifs is 1. The number of ether oxygens (including phenoxy) is 1. The van der Waals surface area contributed by atoms with Crippen molar-refractivity contribution in [1.82, 2.24) is 24.6 Å². The first-order valence-corrected chi connectivity index (χ1v) is 8.52. The van der Waals surface area contributed by atoms with Crippen molar-refractivity contribution in [3.05, 3.63) is 48.0 Å². The van der Waals surface area contributed by atoms with Gasteiger partial charge in [0, 0.05) is 58.6 Å². The zero-order valence-electron chi connectivity index (χ0n) is 14.8. The molecule has 0 aromatic carbocycles. The van der Waals surface area contributed by atoms with Crippen molar-refractivity contribution >= 4 is 5.91 Å². The molecule has 0 radical (unpaired) electrons. The first kappa shape index (κ1) is 17.6. The van der Waals surface area contributed by atoms with Gasteiger partial charge in [-0.25, -0.2) is 0 Å². The number of pyridine rings is 1. The Labute approximate surface area is 148 Å². The van der Waals surface area contributed by atoms with E-state index in [0.717, 1.165) is 31.9 Å². The minimum atomic E-state index is -0.0151. The molecule has 1 aliphatic heterocycles. The Morgan fingerprint density at radius 2 is 2.16 bits per heavy atom. The molecule has 0 saturated heterocycles. The van der Waals surface area contributed by atoms with Gasteiger partial charge in [-0.2, -0.15) is 5.10 Å². The van der Waals surface area contributed by atoms with Crippen LogP contribution in [0.1, 0.15) is 11.4 Å². The van der Waals surface area contributed by atoms with E-state index in [0.29, 0.717) is 6.61 Å². The van der Waals surface area contributed by atoms with Crippen molar-refractivity contribution in [3.63, 3.8) is 0 Å². The number of carbonyl (C=O) groups excluding carboxylic acids is 1. The first-order chi connectivity index (χ1) is 12.1. The number of likely N-dealkylation sites (N-methyl/N-ethyl adjacent to an activating group) is 1. The number of rotatable bonds is 6. The Morgan fingerprint density at radius 1 is 1.28 bits per heavy atom. The molecule has 7 heteroatoms. The summed E-state index contributed by atoms with van der Waals surface area (Å²) in [6, 6.07) is 8.05. The van der Waals surface area contributed by atoms with Gasteiger partial charge in [0.1, 0.15) is 6.61 Å². The predicted molar refractivity (Wildman–Crippen MR) is 93.6 cm³/mol. The van der Waals surface area contributed by atoms with E-state index >= 15 is 0 Å². The van der Waals surface area contributed by atoms with Crippen molar-refractivity contribution in [2.45, 2.75) is 19.6 Å². The van der Waals surface area contributed by atoms with Crippen molar-refractivity contribution in [2.24, 2.45) is 5.92 Å². The van der Waals surface area contributed by atoms with Gasteiger partial charge in [-0.15, -0.1) is 0 Å². The van der Waals surface area contributed by atoms with Crippen LogP contribution in [0.15, 0.2) is 36.7 Å². The molecule has 1 atom stereocenters. The highest BCUT2D eigenvalue weighted by Crippen LogP contribution is 2.18. The van der Waals surface area contributed by atoms with Crippen LogP contribution in [0.25, 0.3) is 0 Å². The zero-order chi connectivity index (χ0) is 17.6. The smallest absolute Gasteiger partial charge is 0.248 e. The number of hydrogen-bond donors (Lipinski definition) is 0. The standard InChI is InChI=1S/C18H25N5O2/c1-21(2)18(24)14-25-13-15-9-22(11-16-5-3-4-7-19-16)12-17-6-8-20-23(17)10-15/h3-8,15H,9-14H2,1-2H3. The number of carbonyl (C=O) groups is 1. The lowest BCUT2D eigenvalue weighted by Gasteiger charge is -2.23. The maximum Gasteiger partial charge on any atom is 0.248 e. The lowest BCUT2D eigenvalue weighted by molar-refractivity contribution is -0.134. The molecule has 7 nitrogen and oxygen atoms in total. The quantitative estimate of drug-likeness (QED) is 0.783. The lowest BCUT2D eigenvalue weighted by Crippen LogP contribution is -2.32. The van der Waals surface area contributed by atoms with Crippen LogP contribution < -0.4 is 0 Å². The summed E-state index contributed by atoms with van der Waals surface area (Å²) in [5.74, 6) is 0.263. The molecule has 25 heavy (non-hydrogen) atoms. The summed E-state index contributed by atoms with van der Waals surface area (Å²) in [4.78, 5) is 20.0. The maximum atomic E-state index is 11.7. The van der Waals surface area contributed by atoms with Crippen molar-refractivity contribution in [1.29, 1.82) is 0 Å². The fraction of sp³-hybridized carbons (Fsp3) is 0.500. The third-order valence-corrected chi connectivity index (χ3v) is 4.33. The largest absolute Gasteiger partial charge is 0.371 e. The number of aromatic nitrogens is 3. The van der Waals surface area contributed by atoms with Crippen LogP contribution in [-0.4, -0.2) is 64.3 Å². The SMILES string of the molecule is CN(C)C(=O)COCC1CN(Cc2ccccn2)Cc2ccnn2C1. The summed E-state index contributed by atoms with van der Waals surface area (Å²) in [6.45, 7) is 3.98. The van der Waals surface area contributed by atoms with Gasteiger partial charge in [0.25, 0.3) is 0 Å². The van der Waals surface area contributed by atoms with Crippen LogP contribution in [-0.2, 0) is 29.2 Å². The fourth-order valence-corrected chi connectivity index (χ4v) is 3.01. The van der Waals surface area contributed by atoms with Gasteiger partial charge in [0.15, 0.2) is 0 Å². The number of amides is 1. The molecule has 0 aliphatic carbocycles.